The number of urea groups is 1. The van der Waals surface area contributed by atoms with Gasteiger partial charge in [0.25, 0.3) is 0 Å². The summed E-state index contributed by atoms with van der Waals surface area (Å²) >= 11 is 0. The number of anilines is 1. The van der Waals surface area contributed by atoms with Crippen molar-refractivity contribution in [3.63, 3.8) is 0 Å². The fourth-order valence-electron chi connectivity index (χ4n) is 2.00. The highest BCUT2D eigenvalue weighted by atomic mass is 19.4. The summed E-state index contributed by atoms with van der Waals surface area (Å²) in [6.07, 6.45) is -4.48. The Morgan fingerprint density at radius 1 is 1.11 bits per heavy atom. The molecule has 5 nitrogen and oxygen atoms in total. The maximum absolute atomic E-state index is 12.7. The first-order valence-electron chi connectivity index (χ1n) is 7.49. The largest absolute Gasteiger partial charge is 0.435 e. The molecule has 10 heteroatoms. The van der Waals surface area contributed by atoms with Gasteiger partial charge in [0.15, 0.2) is 0 Å². The molecule has 0 aliphatic carbocycles. The summed E-state index contributed by atoms with van der Waals surface area (Å²) in [5, 5.41) is 6.12. The number of carbonyl (C=O) groups excluding carboxylic acids is 1. The predicted octanol–water partition coefficient (Wildman–Crippen LogP) is 4.85. The van der Waals surface area contributed by atoms with Crippen molar-refractivity contribution in [2.45, 2.75) is 19.7 Å². The SMILES string of the molecule is CC(=NNC(=O)Nc1ccc(OC(F)F)cc1)c1cccc(C(F)(F)F)c1. The number of hydrazone groups is 1. The fourth-order valence-corrected chi connectivity index (χ4v) is 2.00. The van der Waals surface area contributed by atoms with Crippen LogP contribution < -0.4 is 15.5 Å². The smallest absolute Gasteiger partial charge is 0.416 e. The fraction of sp³-hybridized carbons (Fsp3) is 0.176. The van der Waals surface area contributed by atoms with Gasteiger partial charge in [0, 0.05) is 5.69 Å². The van der Waals surface area contributed by atoms with E-state index >= 15 is 0 Å². The average Bonchev–Trinajstić information content (AvgIpc) is 2.60. The van der Waals surface area contributed by atoms with E-state index in [0.717, 1.165) is 12.1 Å². The molecule has 27 heavy (non-hydrogen) atoms. The molecule has 0 fully saturated rings. The van der Waals surface area contributed by atoms with Gasteiger partial charge in [-0.1, -0.05) is 12.1 Å². The molecule has 2 amide bonds. The van der Waals surface area contributed by atoms with Crippen LogP contribution in [0.3, 0.4) is 0 Å². The summed E-state index contributed by atoms with van der Waals surface area (Å²) < 4.78 is 66.4. The van der Waals surface area contributed by atoms with E-state index in [2.05, 4.69) is 20.6 Å². The molecule has 0 saturated carbocycles. The topological polar surface area (TPSA) is 62.7 Å². The molecule has 0 aliphatic heterocycles. The van der Waals surface area contributed by atoms with Crippen molar-refractivity contribution in [2.75, 3.05) is 5.32 Å². The number of amides is 2. The molecule has 144 valence electrons. The number of nitrogens with one attached hydrogen (secondary N) is 2. The minimum atomic E-state index is -4.48. The van der Waals surface area contributed by atoms with Gasteiger partial charge in [-0.3, -0.25) is 0 Å². The van der Waals surface area contributed by atoms with Crippen LogP contribution >= 0.6 is 0 Å². The van der Waals surface area contributed by atoms with Crippen molar-refractivity contribution in [3.8, 4) is 5.75 Å². The number of hydrogen-bond acceptors (Lipinski definition) is 3. The van der Waals surface area contributed by atoms with E-state index in [1.54, 1.807) is 0 Å². The van der Waals surface area contributed by atoms with Crippen LogP contribution in [0.2, 0.25) is 0 Å². The lowest BCUT2D eigenvalue weighted by Gasteiger charge is -2.09. The average molecular weight is 387 g/mol. The molecule has 2 aromatic rings. The molecule has 0 radical (unpaired) electrons. The van der Waals surface area contributed by atoms with Crippen molar-refractivity contribution < 1.29 is 31.5 Å². The Balaban J connectivity index is 1.97. The highest BCUT2D eigenvalue weighted by Crippen LogP contribution is 2.29. The molecule has 0 aromatic heterocycles. The number of carbonyl (C=O) groups is 1. The first-order valence-corrected chi connectivity index (χ1v) is 7.49. The van der Waals surface area contributed by atoms with Crippen molar-refractivity contribution >= 4 is 17.4 Å². The van der Waals surface area contributed by atoms with Gasteiger partial charge in [0.05, 0.1) is 11.3 Å². The first kappa shape index (κ1) is 20.1. The second kappa shape index (κ2) is 8.47. The molecule has 0 bridgehead atoms. The Kier molecular flexibility index (Phi) is 6.32. The lowest BCUT2D eigenvalue weighted by atomic mass is 10.1. The van der Waals surface area contributed by atoms with Gasteiger partial charge in [0.2, 0.25) is 0 Å². The van der Waals surface area contributed by atoms with Crippen molar-refractivity contribution in [3.05, 3.63) is 59.7 Å². The van der Waals surface area contributed by atoms with Crippen molar-refractivity contribution in [1.29, 1.82) is 0 Å². The Hall–Kier alpha value is -3.17. The summed E-state index contributed by atoms with van der Waals surface area (Å²) in [4.78, 5) is 11.8. The third-order valence-corrected chi connectivity index (χ3v) is 3.27. The van der Waals surface area contributed by atoms with Gasteiger partial charge in [-0.2, -0.15) is 27.1 Å². The van der Waals surface area contributed by atoms with Gasteiger partial charge in [-0.15, -0.1) is 0 Å². The van der Waals surface area contributed by atoms with Crippen LogP contribution in [0.25, 0.3) is 0 Å². The standard InChI is InChI=1S/C17H14F5N3O2/c1-10(11-3-2-4-12(9-11)17(20,21)22)24-25-16(26)23-13-5-7-14(8-6-13)27-15(18)19/h2-9,15H,1H3,(H2,23,25,26). The molecule has 0 atom stereocenters. The third kappa shape index (κ3) is 6.24. The number of nitrogens with zero attached hydrogens (tertiary/aromatic N) is 1. The second-order valence-electron chi connectivity index (χ2n) is 5.24. The second-order valence-corrected chi connectivity index (χ2v) is 5.24. The Bertz CT molecular complexity index is 820. The lowest BCUT2D eigenvalue weighted by molar-refractivity contribution is -0.137. The van der Waals surface area contributed by atoms with Crippen LogP contribution in [0.15, 0.2) is 53.6 Å². The number of ether oxygens (including phenoxy) is 1. The van der Waals surface area contributed by atoms with Crippen LogP contribution in [-0.4, -0.2) is 18.4 Å². The maximum atomic E-state index is 12.7. The zero-order valence-corrected chi connectivity index (χ0v) is 13.8. The van der Waals surface area contributed by atoms with Gasteiger partial charge < -0.3 is 10.1 Å². The van der Waals surface area contributed by atoms with E-state index in [1.807, 2.05) is 0 Å². The zero-order chi connectivity index (χ0) is 20.0. The summed E-state index contributed by atoms with van der Waals surface area (Å²) in [7, 11) is 0. The molecule has 2 rings (SSSR count). The summed E-state index contributed by atoms with van der Waals surface area (Å²) in [6.45, 7) is -1.52. The molecular formula is C17H14F5N3O2. The van der Waals surface area contributed by atoms with Gasteiger partial charge in [0.1, 0.15) is 5.75 Å². The van der Waals surface area contributed by atoms with E-state index in [4.69, 9.17) is 0 Å². The van der Waals surface area contributed by atoms with Crippen LogP contribution in [0.4, 0.5) is 32.4 Å². The molecule has 0 spiro atoms. The number of halogens is 5. The summed E-state index contributed by atoms with van der Waals surface area (Å²) in [5.74, 6) is -0.0747. The van der Waals surface area contributed by atoms with Gasteiger partial charge in [-0.25, -0.2) is 10.2 Å². The Morgan fingerprint density at radius 2 is 1.78 bits per heavy atom. The number of hydrogen-bond donors (Lipinski definition) is 2. The predicted molar refractivity (Wildman–Crippen MR) is 88.9 cm³/mol. The third-order valence-electron chi connectivity index (χ3n) is 3.27. The van der Waals surface area contributed by atoms with Crippen molar-refractivity contribution in [1.82, 2.24) is 5.43 Å². The highest BCUT2D eigenvalue weighted by molar-refractivity contribution is 6.00. The normalized spacial score (nSPS) is 12.0. The number of alkyl halides is 5. The van der Waals surface area contributed by atoms with Crippen LogP contribution in [-0.2, 0) is 6.18 Å². The maximum Gasteiger partial charge on any atom is 0.416 e. The first-order chi connectivity index (χ1) is 12.6. The van der Waals surface area contributed by atoms with Crippen LogP contribution in [0.5, 0.6) is 5.75 Å². The molecule has 0 aliphatic rings. The molecular weight excluding hydrogens is 373 g/mol. The minimum Gasteiger partial charge on any atom is -0.435 e. The summed E-state index contributed by atoms with van der Waals surface area (Å²) in [5.41, 5.74) is 1.95. The van der Waals surface area contributed by atoms with E-state index in [9.17, 15) is 26.7 Å². The van der Waals surface area contributed by atoms with E-state index < -0.39 is 24.4 Å². The van der Waals surface area contributed by atoms with Crippen molar-refractivity contribution in [2.24, 2.45) is 5.10 Å². The number of rotatable bonds is 5. The quantitative estimate of drug-likeness (QED) is 0.438. The van der Waals surface area contributed by atoms with E-state index in [1.165, 1.54) is 43.3 Å². The lowest BCUT2D eigenvalue weighted by Crippen LogP contribution is -2.25. The zero-order valence-electron chi connectivity index (χ0n) is 13.8. The van der Waals surface area contributed by atoms with E-state index in [-0.39, 0.29) is 22.7 Å². The Labute approximate surface area is 150 Å². The molecule has 0 saturated heterocycles. The number of benzene rings is 2. The van der Waals surface area contributed by atoms with Crippen LogP contribution in [0.1, 0.15) is 18.1 Å². The molecule has 2 aromatic carbocycles. The highest BCUT2D eigenvalue weighted by Gasteiger charge is 2.30. The molecule has 0 heterocycles. The molecule has 0 unspecified atom stereocenters. The van der Waals surface area contributed by atoms with Gasteiger partial charge >= 0.3 is 18.8 Å². The monoisotopic (exact) mass is 387 g/mol. The Morgan fingerprint density at radius 3 is 2.37 bits per heavy atom. The molecule has 2 N–H and O–H groups in total. The van der Waals surface area contributed by atoms with Gasteiger partial charge in [-0.05, 0) is 48.9 Å². The minimum absolute atomic E-state index is 0.0747. The van der Waals surface area contributed by atoms with Crippen LogP contribution in [0, 0.1) is 0 Å². The summed E-state index contributed by atoms with van der Waals surface area (Å²) in [6, 6.07) is 8.89. The van der Waals surface area contributed by atoms with E-state index in [0.29, 0.717) is 0 Å².